The maximum atomic E-state index is 13.0. The second-order valence-electron chi connectivity index (χ2n) is 8.00. The number of ether oxygens (including phenoxy) is 2. The third kappa shape index (κ3) is 4.95. The Balaban J connectivity index is 1.37. The highest BCUT2D eigenvalue weighted by molar-refractivity contribution is 7.92. The van der Waals surface area contributed by atoms with E-state index in [0.29, 0.717) is 42.5 Å². The van der Waals surface area contributed by atoms with Crippen molar-refractivity contribution in [1.29, 1.82) is 0 Å². The molecule has 0 spiro atoms. The van der Waals surface area contributed by atoms with Crippen molar-refractivity contribution in [3.05, 3.63) is 52.5 Å². The molecule has 8 nitrogen and oxygen atoms in total. The van der Waals surface area contributed by atoms with Gasteiger partial charge in [-0.1, -0.05) is 23.7 Å². The molecule has 10 heteroatoms. The highest BCUT2D eigenvalue weighted by Crippen LogP contribution is 2.33. The SMILES string of the molecule is Cc1c(Cl)cccc1N(CC(=O)N1CCN(Cc2ccc3c(c2)OCO3)CC1)S(C)(=O)=O. The molecule has 0 aliphatic carbocycles. The number of carbonyl (C=O) groups excluding carboxylic acids is 1. The molecule has 2 aliphatic heterocycles. The van der Waals surface area contributed by atoms with E-state index >= 15 is 0 Å². The number of hydrogen-bond donors (Lipinski definition) is 0. The number of fused-ring (bicyclic) bond motifs is 1. The zero-order valence-corrected chi connectivity index (χ0v) is 19.7. The number of halogens is 1. The lowest BCUT2D eigenvalue weighted by Crippen LogP contribution is -2.51. The first-order chi connectivity index (χ1) is 15.2. The lowest BCUT2D eigenvalue weighted by Gasteiger charge is -2.36. The summed E-state index contributed by atoms with van der Waals surface area (Å²) in [6, 6.07) is 11.0. The van der Waals surface area contributed by atoms with Crippen LogP contribution in [0.15, 0.2) is 36.4 Å². The molecule has 2 aromatic carbocycles. The minimum atomic E-state index is -3.65. The Hall–Kier alpha value is -2.49. The van der Waals surface area contributed by atoms with Crippen LogP contribution in [-0.2, 0) is 21.4 Å². The van der Waals surface area contributed by atoms with E-state index in [1.165, 1.54) is 0 Å². The van der Waals surface area contributed by atoms with Crippen LogP contribution < -0.4 is 13.8 Å². The maximum Gasteiger partial charge on any atom is 0.243 e. The first kappa shape index (κ1) is 22.7. The van der Waals surface area contributed by atoms with Crippen LogP contribution in [0.1, 0.15) is 11.1 Å². The van der Waals surface area contributed by atoms with Crippen LogP contribution in [0.2, 0.25) is 5.02 Å². The molecule has 0 radical (unpaired) electrons. The summed E-state index contributed by atoms with van der Waals surface area (Å²) in [6.07, 6.45) is 1.10. The van der Waals surface area contributed by atoms with Crippen molar-refractivity contribution in [2.45, 2.75) is 13.5 Å². The Morgan fingerprint density at radius 3 is 2.53 bits per heavy atom. The largest absolute Gasteiger partial charge is 0.454 e. The van der Waals surface area contributed by atoms with Gasteiger partial charge >= 0.3 is 0 Å². The highest BCUT2D eigenvalue weighted by Gasteiger charge is 2.28. The summed E-state index contributed by atoms with van der Waals surface area (Å²) in [7, 11) is -3.65. The third-order valence-electron chi connectivity index (χ3n) is 5.76. The van der Waals surface area contributed by atoms with Gasteiger partial charge in [0, 0.05) is 37.7 Å². The predicted molar refractivity (Wildman–Crippen MR) is 123 cm³/mol. The Kier molecular flexibility index (Phi) is 6.50. The monoisotopic (exact) mass is 479 g/mol. The van der Waals surface area contributed by atoms with Gasteiger partial charge < -0.3 is 14.4 Å². The van der Waals surface area contributed by atoms with Crippen molar-refractivity contribution in [1.82, 2.24) is 9.80 Å². The Morgan fingerprint density at radius 2 is 1.81 bits per heavy atom. The molecule has 0 saturated carbocycles. The number of nitrogens with zero attached hydrogens (tertiary/aromatic N) is 3. The summed E-state index contributed by atoms with van der Waals surface area (Å²) >= 11 is 6.17. The van der Waals surface area contributed by atoms with Gasteiger partial charge in [-0.15, -0.1) is 0 Å². The molecule has 4 rings (SSSR count). The highest BCUT2D eigenvalue weighted by atomic mass is 35.5. The van der Waals surface area contributed by atoms with Crippen molar-refractivity contribution in [3.63, 3.8) is 0 Å². The van der Waals surface area contributed by atoms with Gasteiger partial charge in [0.15, 0.2) is 11.5 Å². The van der Waals surface area contributed by atoms with Crippen molar-refractivity contribution < 1.29 is 22.7 Å². The molecule has 2 aromatic rings. The molecule has 172 valence electrons. The fourth-order valence-corrected chi connectivity index (χ4v) is 4.99. The standard InChI is InChI=1S/C22H26ClN3O5S/c1-16-18(23)4-3-5-19(16)26(32(2,28)29)14-22(27)25-10-8-24(9-11-25)13-17-6-7-20-21(12-17)31-15-30-20/h3-7,12H,8-11,13-15H2,1-2H3. The first-order valence-electron chi connectivity index (χ1n) is 10.3. The molecule has 1 fully saturated rings. The molecule has 2 heterocycles. The fraction of sp³-hybridized carbons (Fsp3) is 0.409. The molecular formula is C22H26ClN3O5S. The van der Waals surface area contributed by atoms with Crippen LogP contribution >= 0.6 is 11.6 Å². The quantitative estimate of drug-likeness (QED) is 0.633. The third-order valence-corrected chi connectivity index (χ3v) is 7.29. The molecule has 32 heavy (non-hydrogen) atoms. The minimum Gasteiger partial charge on any atom is -0.454 e. The average Bonchev–Trinajstić information content (AvgIpc) is 3.22. The van der Waals surface area contributed by atoms with Gasteiger partial charge in [-0.2, -0.15) is 0 Å². The van der Waals surface area contributed by atoms with Crippen LogP contribution in [0.4, 0.5) is 5.69 Å². The van der Waals surface area contributed by atoms with Crippen LogP contribution in [0.3, 0.4) is 0 Å². The Morgan fingerprint density at radius 1 is 1.09 bits per heavy atom. The van der Waals surface area contributed by atoms with E-state index in [9.17, 15) is 13.2 Å². The van der Waals surface area contributed by atoms with Crippen LogP contribution in [-0.4, -0.2) is 69.9 Å². The number of benzene rings is 2. The maximum absolute atomic E-state index is 13.0. The lowest BCUT2D eigenvalue weighted by atomic mass is 10.1. The summed E-state index contributed by atoms with van der Waals surface area (Å²) in [6.45, 7) is 4.97. The topological polar surface area (TPSA) is 79.4 Å². The van der Waals surface area contributed by atoms with Crippen molar-refractivity contribution >= 4 is 33.2 Å². The van der Waals surface area contributed by atoms with E-state index in [1.807, 2.05) is 18.2 Å². The molecule has 1 saturated heterocycles. The molecule has 0 N–H and O–H groups in total. The zero-order valence-electron chi connectivity index (χ0n) is 18.1. The van der Waals surface area contributed by atoms with Crippen LogP contribution in [0.25, 0.3) is 0 Å². The summed E-state index contributed by atoms with van der Waals surface area (Å²) in [5.74, 6) is 1.29. The van der Waals surface area contributed by atoms with Gasteiger partial charge in [0.1, 0.15) is 6.54 Å². The number of anilines is 1. The minimum absolute atomic E-state index is 0.225. The van der Waals surface area contributed by atoms with Crippen molar-refractivity contribution in [2.75, 3.05) is 50.1 Å². The second kappa shape index (κ2) is 9.17. The Labute approximate surface area is 193 Å². The molecule has 1 amide bonds. The average molecular weight is 480 g/mol. The van der Waals surface area contributed by atoms with E-state index in [4.69, 9.17) is 21.1 Å². The number of sulfonamides is 1. The van der Waals surface area contributed by atoms with Gasteiger partial charge in [0.05, 0.1) is 11.9 Å². The lowest BCUT2D eigenvalue weighted by molar-refractivity contribution is -0.131. The normalized spacial score (nSPS) is 16.3. The molecule has 0 atom stereocenters. The number of rotatable bonds is 6. The van der Waals surface area contributed by atoms with E-state index in [-0.39, 0.29) is 19.2 Å². The van der Waals surface area contributed by atoms with E-state index in [1.54, 1.807) is 30.0 Å². The number of carbonyl (C=O) groups is 1. The van der Waals surface area contributed by atoms with Crippen molar-refractivity contribution in [2.24, 2.45) is 0 Å². The van der Waals surface area contributed by atoms with E-state index < -0.39 is 10.0 Å². The smallest absolute Gasteiger partial charge is 0.243 e. The number of piperazine rings is 1. The summed E-state index contributed by atoms with van der Waals surface area (Å²) in [4.78, 5) is 16.9. The summed E-state index contributed by atoms with van der Waals surface area (Å²) < 4.78 is 36.8. The van der Waals surface area contributed by atoms with Gasteiger partial charge in [-0.05, 0) is 42.3 Å². The van der Waals surface area contributed by atoms with Crippen LogP contribution in [0.5, 0.6) is 11.5 Å². The first-order valence-corrected chi connectivity index (χ1v) is 12.6. The van der Waals surface area contributed by atoms with Gasteiger partial charge in [-0.25, -0.2) is 8.42 Å². The fourth-order valence-electron chi connectivity index (χ4n) is 3.92. The second-order valence-corrected chi connectivity index (χ2v) is 10.3. The zero-order chi connectivity index (χ0) is 22.9. The molecule has 0 aromatic heterocycles. The van der Waals surface area contributed by atoms with Crippen LogP contribution in [0, 0.1) is 6.92 Å². The summed E-state index contributed by atoms with van der Waals surface area (Å²) in [5.41, 5.74) is 2.17. The van der Waals surface area contributed by atoms with Crippen molar-refractivity contribution in [3.8, 4) is 11.5 Å². The summed E-state index contributed by atoms with van der Waals surface area (Å²) in [5, 5.41) is 0.459. The van der Waals surface area contributed by atoms with E-state index in [0.717, 1.165) is 34.2 Å². The number of amides is 1. The molecular weight excluding hydrogens is 454 g/mol. The van der Waals surface area contributed by atoms with Gasteiger partial charge in [0.2, 0.25) is 22.7 Å². The van der Waals surface area contributed by atoms with Gasteiger partial charge in [-0.3, -0.25) is 14.0 Å². The molecule has 2 aliphatic rings. The molecule has 0 bridgehead atoms. The van der Waals surface area contributed by atoms with Gasteiger partial charge in [0.25, 0.3) is 0 Å². The number of hydrogen-bond acceptors (Lipinski definition) is 6. The Bertz CT molecular complexity index is 1120. The molecule has 0 unspecified atom stereocenters. The predicted octanol–water partition coefficient (Wildman–Crippen LogP) is 2.49. The van der Waals surface area contributed by atoms with E-state index in [2.05, 4.69) is 4.90 Å².